The molecular formula is C6H10O2S. The van der Waals surface area contributed by atoms with Gasteiger partial charge in [0.15, 0.2) is 0 Å². The van der Waals surface area contributed by atoms with Gasteiger partial charge >= 0.3 is 0 Å². The summed E-state index contributed by atoms with van der Waals surface area (Å²) >= 11 is 0. The summed E-state index contributed by atoms with van der Waals surface area (Å²) in [6.07, 6.45) is 4.16. The lowest BCUT2D eigenvalue weighted by atomic mass is 10.2. The molecule has 0 N–H and O–H groups in total. The van der Waals surface area contributed by atoms with E-state index in [0.29, 0.717) is 6.42 Å². The van der Waals surface area contributed by atoms with Gasteiger partial charge in [0, 0.05) is 5.37 Å². The Hall–Kier alpha value is -0.570. The summed E-state index contributed by atoms with van der Waals surface area (Å²) in [5.74, 6) is 0. The van der Waals surface area contributed by atoms with Gasteiger partial charge in [-0.15, -0.1) is 6.58 Å². The fraction of sp³-hybridized carbons (Fsp3) is 0.500. The summed E-state index contributed by atoms with van der Waals surface area (Å²) in [6, 6.07) is 0. The van der Waals surface area contributed by atoms with Gasteiger partial charge in [-0.25, -0.2) is 0 Å². The van der Waals surface area contributed by atoms with E-state index in [4.69, 9.17) is 0 Å². The predicted octanol–water partition coefficient (Wildman–Crippen LogP) is 1.02. The van der Waals surface area contributed by atoms with Crippen molar-refractivity contribution in [2.24, 2.45) is 0 Å². The molecule has 0 bridgehead atoms. The first-order valence-corrected chi connectivity index (χ1v) is 3.93. The number of hydrogen-bond acceptors (Lipinski definition) is 2. The molecule has 0 atom stereocenters. The van der Waals surface area contributed by atoms with Crippen molar-refractivity contribution in [3.05, 3.63) is 12.7 Å². The average molecular weight is 146 g/mol. The maximum Gasteiger partial charge on any atom is 0.209 e. The van der Waals surface area contributed by atoms with Crippen LogP contribution in [0.3, 0.4) is 0 Å². The van der Waals surface area contributed by atoms with Gasteiger partial charge in [-0.3, -0.25) is 0 Å². The Balaban J connectivity index is 3.31. The molecule has 0 aliphatic rings. The lowest BCUT2D eigenvalue weighted by Gasteiger charge is -1.83. The number of hydrogen-bond donors (Lipinski definition) is 0. The van der Waals surface area contributed by atoms with Crippen LogP contribution in [0.5, 0.6) is 0 Å². The van der Waals surface area contributed by atoms with Crippen molar-refractivity contribution in [3.63, 3.8) is 0 Å². The van der Waals surface area contributed by atoms with Crippen molar-refractivity contribution in [1.82, 2.24) is 0 Å². The number of unbranched alkanes of at least 4 members (excludes halogenated alkanes) is 2. The van der Waals surface area contributed by atoms with Crippen LogP contribution >= 0.6 is 0 Å². The van der Waals surface area contributed by atoms with Crippen molar-refractivity contribution >= 4 is 15.7 Å². The Morgan fingerprint density at radius 1 is 1.33 bits per heavy atom. The van der Waals surface area contributed by atoms with Gasteiger partial charge in [0.25, 0.3) is 0 Å². The molecule has 0 saturated carbocycles. The molecule has 0 unspecified atom stereocenters. The second kappa shape index (κ2) is 5.56. The van der Waals surface area contributed by atoms with Crippen LogP contribution in [0.1, 0.15) is 19.3 Å². The van der Waals surface area contributed by atoms with Crippen LogP contribution in [0.2, 0.25) is 0 Å². The number of allylic oxidation sites excluding steroid dienone is 1. The van der Waals surface area contributed by atoms with Crippen LogP contribution < -0.4 is 0 Å². The molecule has 0 aromatic carbocycles. The molecule has 0 fully saturated rings. The zero-order chi connectivity index (χ0) is 7.11. The lowest BCUT2D eigenvalue weighted by Crippen LogP contribution is -1.75. The first kappa shape index (κ1) is 8.43. The molecule has 52 valence electrons. The van der Waals surface area contributed by atoms with Crippen LogP contribution in [-0.4, -0.2) is 13.8 Å². The largest absolute Gasteiger partial charge is 0.209 e. The summed E-state index contributed by atoms with van der Waals surface area (Å²) in [4.78, 5) is 0. The predicted molar refractivity (Wildman–Crippen MR) is 39.0 cm³/mol. The van der Waals surface area contributed by atoms with Crippen LogP contribution in [-0.2, 0) is 10.3 Å². The maximum atomic E-state index is 9.88. The molecule has 0 amide bonds. The standard InChI is InChI=1S/C6H10O2S/c1-2-3-4-5-6-9(7)8/h2,6H,1,3-5H2. The van der Waals surface area contributed by atoms with Gasteiger partial charge in [0.2, 0.25) is 10.3 Å². The monoisotopic (exact) mass is 146 g/mol. The third kappa shape index (κ3) is 7.43. The zero-order valence-electron chi connectivity index (χ0n) is 5.21. The maximum absolute atomic E-state index is 9.88. The molecule has 0 heterocycles. The van der Waals surface area contributed by atoms with E-state index in [1.807, 2.05) is 0 Å². The van der Waals surface area contributed by atoms with Gasteiger partial charge in [0.1, 0.15) is 0 Å². The summed E-state index contributed by atoms with van der Waals surface area (Å²) in [5, 5.41) is 1.27. The molecule has 0 aliphatic heterocycles. The Morgan fingerprint density at radius 3 is 2.44 bits per heavy atom. The highest BCUT2D eigenvalue weighted by atomic mass is 32.2. The fourth-order valence-electron chi connectivity index (χ4n) is 0.442. The smallest absolute Gasteiger partial charge is 0.185 e. The average Bonchev–Trinajstić information content (AvgIpc) is 1.80. The van der Waals surface area contributed by atoms with Gasteiger partial charge in [-0.2, -0.15) is 8.42 Å². The first-order valence-electron chi connectivity index (χ1n) is 2.79. The highest BCUT2D eigenvalue weighted by Gasteiger charge is 1.78. The fourth-order valence-corrected chi connectivity index (χ4v) is 0.801. The first-order chi connectivity index (χ1) is 4.27. The SMILES string of the molecule is C=CCCCC=S(=O)=O. The van der Waals surface area contributed by atoms with Crippen LogP contribution in [0.25, 0.3) is 0 Å². The van der Waals surface area contributed by atoms with Crippen molar-refractivity contribution in [3.8, 4) is 0 Å². The Kier molecular flexibility index (Phi) is 5.21. The topological polar surface area (TPSA) is 34.1 Å². The highest BCUT2D eigenvalue weighted by molar-refractivity contribution is 7.71. The van der Waals surface area contributed by atoms with E-state index < -0.39 is 10.3 Å². The van der Waals surface area contributed by atoms with Crippen molar-refractivity contribution in [2.75, 3.05) is 0 Å². The minimum absolute atomic E-state index is 0.627. The van der Waals surface area contributed by atoms with Crippen LogP contribution in [0.4, 0.5) is 0 Å². The van der Waals surface area contributed by atoms with Crippen LogP contribution in [0, 0.1) is 0 Å². The van der Waals surface area contributed by atoms with Gasteiger partial charge in [-0.1, -0.05) is 6.08 Å². The van der Waals surface area contributed by atoms with Crippen LogP contribution in [0.15, 0.2) is 12.7 Å². The molecule has 0 spiro atoms. The zero-order valence-corrected chi connectivity index (χ0v) is 6.02. The van der Waals surface area contributed by atoms with E-state index >= 15 is 0 Å². The number of rotatable bonds is 4. The van der Waals surface area contributed by atoms with Crippen molar-refractivity contribution in [2.45, 2.75) is 19.3 Å². The summed E-state index contributed by atoms with van der Waals surface area (Å²) in [6.45, 7) is 3.51. The summed E-state index contributed by atoms with van der Waals surface area (Å²) < 4.78 is 19.8. The molecule has 9 heavy (non-hydrogen) atoms. The summed E-state index contributed by atoms with van der Waals surface area (Å²) in [5.41, 5.74) is 0. The third-order valence-corrected chi connectivity index (χ3v) is 1.37. The molecule has 0 aromatic rings. The second-order valence-corrected chi connectivity index (χ2v) is 2.50. The quantitative estimate of drug-likeness (QED) is 0.337. The van der Waals surface area contributed by atoms with Crippen molar-refractivity contribution in [1.29, 1.82) is 0 Å². The normalized spacial score (nSPS) is 8.44. The van der Waals surface area contributed by atoms with Gasteiger partial charge in [0.05, 0.1) is 0 Å². The van der Waals surface area contributed by atoms with E-state index in [-0.39, 0.29) is 0 Å². The Labute approximate surface area is 56.7 Å². The third-order valence-electron chi connectivity index (χ3n) is 0.866. The van der Waals surface area contributed by atoms with E-state index in [2.05, 4.69) is 6.58 Å². The molecule has 0 rings (SSSR count). The molecule has 0 aliphatic carbocycles. The molecule has 0 radical (unpaired) electrons. The van der Waals surface area contributed by atoms with Crippen molar-refractivity contribution < 1.29 is 8.42 Å². The molecule has 0 saturated heterocycles. The highest BCUT2D eigenvalue weighted by Crippen LogP contribution is 1.90. The molecule has 3 heteroatoms. The van der Waals surface area contributed by atoms with Gasteiger partial charge in [-0.05, 0) is 19.3 Å². The Bertz CT molecular complexity index is 181. The summed E-state index contributed by atoms with van der Waals surface area (Å²) in [7, 11) is -1.98. The molecule has 0 aromatic heterocycles. The molecular weight excluding hydrogens is 136 g/mol. The Morgan fingerprint density at radius 2 is 2.00 bits per heavy atom. The van der Waals surface area contributed by atoms with Gasteiger partial charge < -0.3 is 0 Å². The van der Waals surface area contributed by atoms with E-state index in [9.17, 15) is 8.42 Å². The van der Waals surface area contributed by atoms with E-state index in [1.54, 1.807) is 6.08 Å². The van der Waals surface area contributed by atoms with E-state index in [1.165, 1.54) is 5.37 Å². The lowest BCUT2D eigenvalue weighted by molar-refractivity contribution is 0.627. The second-order valence-electron chi connectivity index (χ2n) is 1.65. The minimum atomic E-state index is -1.98. The minimum Gasteiger partial charge on any atom is -0.185 e. The van der Waals surface area contributed by atoms with E-state index in [0.717, 1.165) is 12.8 Å². The molecule has 2 nitrogen and oxygen atoms in total.